The number of methoxy groups -OCH3 is 1. The second-order valence-electron chi connectivity index (χ2n) is 6.29. The molecule has 0 aromatic carbocycles. The van der Waals surface area contributed by atoms with E-state index < -0.39 is 21.2 Å². The molecule has 1 heterocycles. The molecule has 1 saturated carbocycles. The SMILES string of the molecule is COC(=O)C1CCCC1S(=O)(=O)N1CCC(C(C)C)C1. The van der Waals surface area contributed by atoms with Crippen molar-refractivity contribution in [3.8, 4) is 0 Å². The van der Waals surface area contributed by atoms with Crippen molar-refractivity contribution in [3.63, 3.8) is 0 Å². The summed E-state index contributed by atoms with van der Waals surface area (Å²) in [6.45, 7) is 5.46. The Morgan fingerprint density at radius 1 is 1.25 bits per heavy atom. The molecule has 2 fully saturated rings. The number of carbonyl (C=O) groups excluding carboxylic acids is 1. The molecule has 0 aromatic heterocycles. The van der Waals surface area contributed by atoms with Gasteiger partial charge in [0.25, 0.3) is 0 Å². The van der Waals surface area contributed by atoms with Gasteiger partial charge in [0.2, 0.25) is 10.0 Å². The normalized spacial score (nSPS) is 31.9. The van der Waals surface area contributed by atoms with E-state index in [0.29, 0.717) is 37.8 Å². The number of hydrogen-bond donors (Lipinski definition) is 0. The third-order valence-electron chi connectivity index (χ3n) is 4.83. The molecule has 0 N–H and O–H groups in total. The Balaban J connectivity index is 2.12. The van der Waals surface area contributed by atoms with Crippen molar-refractivity contribution in [2.75, 3.05) is 20.2 Å². The summed E-state index contributed by atoms with van der Waals surface area (Å²) in [5.74, 6) is 0.0664. The van der Waals surface area contributed by atoms with Gasteiger partial charge in [0.1, 0.15) is 0 Å². The average molecular weight is 303 g/mol. The highest BCUT2D eigenvalue weighted by atomic mass is 32.2. The fraction of sp³-hybridized carbons (Fsp3) is 0.929. The maximum Gasteiger partial charge on any atom is 0.310 e. The molecule has 0 bridgehead atoms. The first-order valence-electron chi connectivity index (χ1n) is 7.44. The Labute approximate surface area is 121 Å². The van der Waals surface area contributed by atoms with Crippen LogP contribution in [-0.2, 0) is 19.6 Å². The highest BCUT2D eigenvalue weighted by Gasteiger charge is 2.46. The van der Waals surface area contributed by atoms with Gasteiger partial charge in [-0.2, -0.15) is 0 Å². The van der Waals surface area contributed by atoms with Crippen LogP contribution in [0.1, 0.15) is 39.5 Å². The van der Waals surface area contributed by atoms with E-state index in [1.165, 1.54) is 7.11 Å². The molecule has 3 unspecified atom stereocenters. The molecule has 1 aliphatic carbocycles. The van der Waals surface area contributed by atoms with Crippen LogP contribution in [0, 0.1) is 17.8 Å². The quantitative estimate of drug-likeness (QED) is 0.741. The fourth-order valence-corrected chi connectivity index (χ4v) is 5.69. The molecule has 2 aliphatic rings. The first-order chi connectivity index (χ1) is 9.37. The maximum absolute atomic E-state index is 12.8. The summed E-state index contributed by atoms with van der Waals surface area (Å²) in [4.78, 5) is 11.8. The minimum atomic E-state index is -3.38. The number of rotatable bonds is 4. The minimum Gasteiger partial charge on any atom is -0.469 e. The van der Waals surface area contributed by atoms with Crippen LogP contribution in [-0.4, -0.2) is 44.1 Å². The van der Waals surface area contributed by atoms with Crippen molar-refractivity contribution in [2.24, 2.45) is 17.8 Å². The van der Waals surface area contributed by atoms with Gasteiger partial charge in [-0.15, -0.1) is 0 Å². The van der Waals surface area contributed by atoms with Gasteiger partial charge in [-0.05, 0) is 31.1 Å². The maximum atomic E-state index is 12.8. The van der Waals surface area contributed by atoms with Crippen LogP contribution in [0.15, 0.2) is 0 Å². The van der Waals surface area contributed by atoms with Gasteiger partial charge in [-0.25, -0.2) is 12.7 Å². The Morgan fingerprint density at radius 2 is 1.95 bits per heavy atom. The predicted molar refractivity (Wildman–Crippen MR) is 76.6 cm³/mol. The van der Waals surface area contributed by atoms with Crippen molar-refractivity contribution in [1.29, 1.82) is 0 Å². The van der Waals surface area contributed by atoms with Gasteiger partial charge in [-0.1, -0.05) is 20.3 Å². The van der Waals surface area contributed by atoms with Gasteiger partial charge in [0.05, 0.1) is 18.3 Å². The van der Waals surface area contributed by atoms with Crippen molar-refractivity contribution in [2.45, 2.75) is 44.8 Å². The van der Waals surface area contributed by atoms with Crippen molar-refractivity contribution < 1.29 is 17.9 Å². The summed E-state index contributed by atoms with van der Waals surface area (Å²) in [7, 11) is -2.05. The Morgan fingerprint density at radius 3 is 2.50 bits per heavy atom. The third kappa shape index (κ3) is 2.86. The molecule has 0 aromatic rings. The molecular weight excluding hydrogens is 278 g/mol. The summed E-state index contributed by atoms with van der Waals surface area (Å²) in [6.07, 6.45) is 2.90. The number of carbonyl (C=O) groups is 1. The first kappa shape index (κ1) is 15.8. The fourth-order valence-electron chi connectivity index (χ4n) is 3.42. The van der Waals surface area contributed by atoms with Crippen molar-refractivity contribution >= 4 is 16.0 Å². The van der Waals surface area contributed by atoms with E-state index in [1.807, 2.05) is 0 Å². The molecule has 1 aliphatic heterocycles. The minimum absolute atomic E-state index is 0.379. The molecule has 116 valence electrons. The largest absolute Gasteiger partial charge is 0.469 e. The first-order valence-corrected chi connectivity index (χ1v) is 8.95. The Hall–Kier alpha value is -0.620. The molecule has 0 amide bonds. The van der Waals surface area contributed by atoms with Crippen LogP contribution in [0.4, 0.5) is 0 Å². The monoisotopic (exact) mass is 303 g/mol. The predicted octanol–water partition coefficient (Wildman–Crippen LogP) is 1.64. The second-order valence-corrected chi connectivity index (χ2v) is 8.45. The van der Waals surface area contributed by atoms with Crippen molar-refractivity contribution in [1.82, 2.24) is 4.31 Å². The molecule has 2 rings (SSSR count). The molecule has 5 nitrogen and oxygen atoms in total. The molecule has 6 heteroatoms. The van der Waals surface area contributed by atoms with Gasteiger partial charge >= 0.3 is 5.97 Å². The summed E-state index contributed by atoms with van der Waals surface area (Å²) < 4.78 is 31.9. The number of ether oxygens (including phenoxy) is 1. The van der Waals surface area contributed by atoms with E-state index >= 15 is 0 Å². The lowest BCUT2D eigenvalue weighted by Crippen LogP contribution is -2.41. The van der Waals surface area contributed by atoms with Crippen LogP contribution in [0.25, 0.3) is 0 Å². The van der Waals surface area contributed by atoms with Gasteiger partial charge < -0.3 is 4.74 Å². The van der Waals surface area contributed by atoms with Gasteiger partial charge in [0, 0.05) is 13.1 Å². The number of sulfonamides is 1. The lowest BCUT2D eigenvalue weighted by molar-refractivity contribution is -0.145. The van der Waals surface area contributed by atoms with Crippen LogP contribution in [0.5, 0.6) is 0 Å². The highest BCUT2D eigenvalue weighted by molar-refractivity contribution is 7.89. The van der Waals surface area contributed by atoms with Crippen LogP contribution in [0.3, 0.4) is 0 Å². The Bertz CT molecular complexity index is 460. The van der Waals surface area contributed by atoms with Gasteiger partial charge in [0.15, 0.2) is 0 Å². The zero-order chi connectivity index (χ0) is 14.9. The standard InChI is InChI=1S/C14H25NO4S/c1-10(2)11-7-8-15(9-11)20(17,18)13-6-4-5-12(13)14(16)19-3/h10-13H,4-9H2,1-3H3. The van der Waals surface area contributed by atoms with Gasteiger partial charge in [-0.3, -0.25) is 4.79 Å². The smallest absolute Gasteiger partial charge is 0.310 e. The summed E-state index contributed by atoms with van der Waals surface area (Å²) in [5.41, 5.74) is 0. The second kappa shape index (κ2) is 6.02. The topological polar surface area (TPSA) is 63.7 Å². The van der Waals surface area contributed by atoms with E-state index in [0.717, 1.165) is 12.8 Å². The number of nitrogens with zero attached hydrogens (tertiary/aromatic N) is 1. The molecule has 1 saturated heterocycles. The molecule has 3 atom stereocenters. The van der Waals surface area contributed by atoms with E-state index in [9.17, 15) is 13.2 Å². The summed E-state index contributed by atoms with van der Waals surface area (Å²) in [6, 6.07) is 0. The van der Waals surface area contributed by atoms with Crippen LogP contribution < -0.4 is 0 Å². The highest BCUT2D eigenvalue weighted by Crippen LogP contribution is 2.36. The van der Waals surface area contributed by atoms with E-state index in [2.05, 4.69) is 13.8 Å². The van der Waals surface area contributed by atoms with Crippen LogP contribution in [0.2, 0.25) is 0 Å². The van der Waals surface area contributed by atoms with Crippen LogP contribution >= 0.6 is 0 Å². The zero-order valence-corrected chi connectivity index (χ0v) is 13.4. The molecule has 0 radical (unpaired) electrons. The Kier molecular flexibility index (Phi) is 4.74. The molecule has 20 heavy (non-hydrogen) atoms. The lowest BCUT2D eigenvalue weighted by Gasteiger charge is -2.25. The molecule has 0 spiro atoms. The zero-order valence-electron chi connectivity index (χ0n) is 12.5. The third-order valence-corrected chi connectivity index (χ3v) is 7.21. The summed E-state index contributed by atoms with van der Waals surface area (Å²) >= 11 is 0. The average Bonchev–Trinajstić information content (AvgIpc) is 3.06. The number of esters is 1. The molecular formula is C14H25NO4S. The number of hydrogen-bond acceptors (Lipinski definition) is 4. The van der Waals surface area contributed by atoms with E-state index in [4.69, 9.17) is 4.74 Å². The van der Waals surface area contributed by atoms with E-state index in [1.54, 1.807) is 4.31 Å². The lowest BCUT2D eigenvalue weighted by atomic mass is 9.96. The van der Waals surface area contributed by atoms with Crippen molar-refractivity contribution in [3.05, 3.63) is 0 Å². The summed E-state index contributed by atoms with van der Waals surface area (Å²) in [5, 5.41) is -0.583. The van der Waals surface area contributed by atoms with E-state index in [-0.39, 0.29) is 5.97 Å².